The molecular weight excluding hydrogens is 618 g/mol. The first kappa shape index (κ1) is 34.5. The first-order chi connectivity index (χ1) is 20.5. The van der Waals surface area contributed by atoms with E-state index in [1.54, 1.807) is 0 Å². The van der Waals surface area contributed by atoms with Crippen molar-refractivity contribution in [1.82, 2.24) is 19.9 Å². The van der Waals surface area contributed by atoms with Gasteiger partial charge in [-0.05, 0) is 73.7 Å². The second kappa shape index (κ2) is 15.1. The SMILES string of the molecule is CCC1=C(CC)c2cc3[n-]c(cc4nc(cc5[n-]c(cc1n2)c(CC)c5CC)C(CC)=C4CC)c(CC)c3CC.[C-]#[O+].[Ru+2]. The molecule has 43 heavy (non-hydrogen) atoms. The minimum atomic E-state index is 0. The Kier molecular flexibility index (Phi) is 12.1. The van der Waals surface area contributed by atoms with Crippen molar-refractivity contribution in [2.24, 2.45) is 0 Å². The summed E-state index contributed by atoms with van der Waals surface area (Å²) in [4.78, 5) is 21.0. The van der Waals surface area contributed by atoms with E-state index in [0.29, 0.717) is 0 Å². The van der Waals surface area contributed by atoms with Crippen LogP contribution in [0.5, 0.6) is 0 Å². The average Bonchev–Trinajstić information content (AvgIpc) is 3.73. The van der Waals surface area contributed by atoms with Crippen LogP contribution in [0.4, 0.5) is 0 Å². The maximum Gasteiger partial charge on any atom is 2.00 e. The average molecular weight is 662 g/mol. The molecule has 2 aliphatic heterocycles. The van der Waals surface area contributed by atoms with E-state index in [1.807, 2.05) is 0 Å². The van der Waals surface area contributed by atoms with Crippen LogP contribution in [-0.2, 0) is 49.8 Å². The van der Waals surface area contributed by atoms with E-state index < -0.39 is 0 Å². The second-order valence-electron chi connectivity index (χ2n) is 10.8. The molecular formula is C37H44N4ORu. The van der Waals surface area contributed by atoms with Crippen molar-refractivity contribution < 1.29 is 24.1 Å². The zero-order chi connectivity index (χ0) is 30.6. The summed E-state index contributed by atoms with van der Waals surface area (Å²) in [5.41, 5.74) is 19.1. The molecule has 0 unspecified atom stereocenters. The van der Waals surface area contributed by atoms with Gasteiger partial charge >= 0.3 is 30.8 Å². The zero-order valence-corrected chi connectivity index (χ0v) is 28.8. The molecule has 5 nitrogen and oxygen atoms in total. The van der Waals surface area contributed by atoms with Crippen LogP contribution in [-0.4, -0.2) is 9.97 Å². The minimum absolute atomic E-state index is 0. The molecule has 0 saturated carbocycles. The van der Waals surface area contributed by atoms with Crippen molar-refractivity contribution in [1.29, 1.82) is 0 Å². The van der Waals surface area contributed by atoms with Crippen molar-refractivity contribution >= 4 is 44.4 Å². The topological polar surface area (TPSA) is 73.9 Å². The van der Waals surface area contributed by atoms with Crippen LogP contribution in [0.15, 0.2) is 24.3 Å². The van der Waals surface area contributed by atoms with E-state index in [1.165, 1.54) is 44.5 Å². The first-order valence-corrected chi connectivity index (χ1v) is 15.8. The standard InChI is InChI=1S/C36H44N4.CO.Ru/c1-9-21-22(10-2)30-18-32-25(13-5)26(14-6)34(39-32)20-36-28(16-8)27(15-7)35(40-36)19-33-24(12-4)23(11-3)31(38-33)17-29(21)37-30;1-2;/h17-20H,9-16H2,1-8H3;;/q-2;;+2. The van der Waals surface area contributed by atoms with Gasteiger partial charge in [0.2, 0.25) is 0 Å². The Morgan fingerprint density at radius 3 is 0.814 bits per heavy atom. The van der Waals surface area contributed by atoms with Crippen LogP contribution in [0, 0.1) is 6.65 Å². The molecule has 3 aromatic rings. The van der Waals surface area contributed by atoms with Crippen LogP contribution < -0.4 is 9.97 Å². The van der Waals surface area contributed by atoms with Gasteiger partial charge in [0.25, 0.3) is 0 Å². The van der Waals surface area contributed by atoms with Gasteiger partial charge in [-0.1, -0.05) is 102 Å². The van der Waals surface area contributed by atoms with Gasteiger partial charge in [-0.25, -0.2) is 9.97 Å². The van der Waals surface area contributed by atoms with E-state index in [9.17, 15) is 0 Å². The number of rotatable bonds is 8. The van der Waals surface area contributed by atoms with Gasteiger partial charge in [0.05, 0.1) is 22.8 Å². The fourth-order valence-electron chi connectivity index (χ4n) is 6.92. The van der Waals surface area contributed by atoms with Crippen LogP contribution in [0.3, 0.4) is 0 Å². The van der Waals surface area contributed by atoms with Crippen LogP contribution in [0.2, 0.25) is 0 Å². The van der Waals surface area contributed by atoms with Crippen molar-refractivity contribution in [2.45, 2.75) is 107 Å². The number of aromatic nitrogens is 4. The smallest absolute Gasteiger partial charge is 2.00 e. The zero-order valence-electron chi connectivity index (χ0n) is 27.0. The van der Waals surface area contributed by atoms with Crippen molar-refractivity contribution in [3.8, 4) is 0 Å². The summed E-state index contributed by atoms with van der Waals surface area (Å²) in [6.45, 7) is 22.4. The summed E-state index contributed by atoms with van der Waals surface area (Å²) >= 11 is 0. The maximum atomic E-state index is 7.50. The predicted octanol–water partition coefficient (Wildman–Crippen LogP) is 9.24. The Morgan fingerprint density at radius 1 is 0.442 bits per heavy atom. The van der Waals surface area contributed by atoms with E-state index in [-0.39, 0.29) is 19.5 Å². The van der Waals surface area contributed by atoms with E-state index in [0.717, 1.165) is 96.2 Å². The molecule has 5 rings (SSSR count). The molecule has 0 atom stereocenters. The number of allylic oxidation sites excluding steroid dienone is 4. The van der Waals surface area contributed by atoms with Crippen molar-refractivity contribution in [3.63, 3.8) is 0 Å². The number of fused-ring (bicyclic) bond motifs is 8. The number of hydrogen-bond acceptors (Lipinski definition) is 2. The molecule has 5 heterocycles. The summed E-state index contributed by atoms with van der Waals surface area (Å²) in [6, 6.07) is 8.98. The molecule has 0 spiro atoms. The number of nitrogens with zero attached hydrogens (tertiary/aromatic N) is 4. The Bertz CT molecular complexity index is 1490. The normalized spacial score (nSPS) is 12.7. The molecule has 3 aromatic heterocycles. The van der Waals surface area contributed by atoms with Gasteiger partial charge in [0.15, 0.2) is 0 Å². The Balaban J connectivity index is 0.00000165. The fraction of sp³-hybridized carbons (Fsp3) is 0.432. The van der Waals surface area contributed by atoms with Gasteiger partial charge in [-0.2, -0.15) is 0 Å². The number of aryl methyl sites for hydroxylation is 4. The molecule has 0 aliphatic carbocycles. The maximum absolute atomic E-state index is 7.50. The van der Waals surface area contributed by atoms with E-state index >= 15 is 0 Å². The predicted molar refractivity (Wildman–Crippen MR) is 175 cm³/mol. The summed E-state index contributed by atoms with van der Waals surface area (Å²) in [5.74, 6) is 0. The molecule has 0 saturated heterocycles. The van der Waals surface area contributed by atoms with E-state index in [4.69, 9.17) is 24.6 Å². The summed E-state index contributed by atoms with van der Waals surface area (Å²) in [7, 11) is 0. The van der Waals surface area contributed by atoms with Crippen molar-refractivity contribution in [2.75, 3.05) is 0 Å². The summed E-state index contributed by atoms with van der Waals surface area (Å²) < 4.78 is 7.50. The van der Waals surface area contributed by atoms with Gasteiger partial charge in [0, 0.05) is 0 Å². The van der Waals surface area contributed by atoms with Crippen LogP contribution >= 0.6 is 0 Å². The molecule has 0 aromatic carbocycles. The monoisotopic (exact) mass is 662 g/mol. The Hall–Kier alpha value is -3.04. The first-order valence-electron chi connectivity index (χ1n) is 15.8. The van der Waals surface area contributed by atoms with Gasteiger partial charge in [-0.15, -0.1) is 22.1 Å². The largest absolute Gasteiger partial charge is 2.00 e. The summed E-state index contributed by atoms with van der Waals surface area (Å²) in [5, 5.41) is 0. The molecule has 226 valence electrons. The second-order valence-corrected chi connectivity index (χ2v) is 10.8. The molecule has 0 radical (unpaired) electrons. The third kappa shape index (κ3) is 6.16. The van der Waals surface area contributed by atoms with Gasteiger partial charge < -0.3 is 9.97 Å². The Labute approximate surface area is 270 Å². The van der Waals surface area contributed by atoms with E-state index in [2.05, 4.69) is 86.3 Å². The van der Waals surface area contributed by atoms with Gasteiger partial charge in [-0.3, -0.25) is 0 Å². The van der Waals surface area contributed by atoms with Gasteiger partial charge in [0.1, 0.15) is 0 Å². The Morgan fingerprint density at radius 2 is 0.651 bits per heavy atom. The molecule has 0 fully saturated rings. The third-order valence-electron chi connectivity index (χ3n) is 8.82. The van der Waals surface area contributed by atoms with Crippen LogP contribution in [0.1, 0.15) is 126 Å². The molecule has 8 bridgehead atoms. The minimum Gasteiger partial charge on any atom is 2.00 e. The van der Waals surface area contributed by atoms with Crippen LogP contribution in [0.25, 0.3) is 44.4 Å². The third-order valence-corrected chi connectivity index (χ3v) is 8.82. The fourth-order valence-corrected chi connectivity index (χ4v) is 6.92. The molecule has 6 heteroatoms. The van der Waals surface area contributed by atoms with Crippen molar-refractivity contribution in [3.05, 3.63) is 75.9 Å². The quantitative estimate of drug-likeness (QED) is 0.137. The number of hydrogen-bond donors (Lipinski definition) is 0. The molecule has 2 aliphatic rings. The summed E-state index contributed by atoms with van der Waals surface area (Å²) in [6.07, 6.45) is 7.60. The molecule has 0 amide bonds. The molecule has 0 N–H and O–H groups in total.